The zero-order valence-corrected chi connectivity index (χ0v) is 41.1. The normalized spacial score (nSPS) is 19.9. The molecule has 2 aromatic heterocycles. The number of aromatic nitrogens is 2. The van der Waals surface area contributed by atoms with Gasteiger partial charge in [-0.25, -0.2) is 9.97 Å². The van der Waals surface area contributed by atoms with E-state index >= 15 is 0 Å². The number of hydrogen-bond donors (Lipinski definition) is 5. The van der Waals surface area contributed by atoms with Gasteiger partial charge in [-0.2, -0.15) is 5.26 Å². The van der Waals surface area contributed by atoms with Crippen LogP contribution in [-0.2, 0) is 25.7 Å². The number of anilines is 1. The van der Waals surface area contributed by atoms with E-state index in [-0.39, 0.29) is 50.1 Å². The van der Waals surface area contributed by atoms with E-state index in [1.807, 2.05) is 57.5 Å². The van der Waals surface area contributed by atoms with Crippen LogP contribution in [0.4, 0.5) is 5.82 Å². The van der Waals surface area contributed by atoms with Crippen molar-refractivity contribution in [3.05, 3.63) is 93.7 Å². The van der Waals surface area contributed by atoms with Crippen molar-refractivity contribution in [1.82, 2.24) is 30.8 Å². The van der Waals surface area contributed by atoms with Crippen molar-refractivity contribution in [3.63, 3.8) is 0 Å². The van der Waals surface area contributed by atoms with E-state index in [1.165, 1.54) is 4.90 Å². The van der Waals surface area contributed by atoms with Gasteiger partial charge in [-0.15, -0.1) is 11.3 Å². The summed E-state index contributed by atoms with van der Waals surface area (Å²) in [7, 11) is 0. The van der Waals surface area contributed by atoms with Gasteiger partial charge in [-0.3, -0.25) is 19.2 Å². The van der Waals surface area contributed by atoms with Gasteiger partial charge in [-0.05, 0) is 67.0 Å². The summed E-state index contributed by atoms with van der Waals surface area (Å²) < 4.78 is 12.0. The number of rotatable bonds is 19. The number of likely N-dealkylation sites (tertiary alicyclic amines) is 1. The molecule has 5 N–H and O–H groups in total. The summed E-state index contributed by atoms with van der Waals surface area (Å²) in [5.41, 5.74) is 4.06. The van der Waals surface area contributed by atoms with E-state index in [9.17, 15) is 29.5 Å². The number of amides is 4. The molecule has 3 heterocycles. The highest BCUT2D eigenvalue weighted by molar-refractivity contribution is 7.13. The number of halogens is 1. The molecule has 1 saturated carbocycles. The Bertz CT molecular complexity index is 2410. The average molecular weight is 956 g/mol. The monoisotopic (exact) mass is 954 g/mol. The number of aryl methyl sites for hydroxylation is 1. The largest absolute Gasteiger partial charge is 0.489 e. The lowest BCUT2D eigenvalue weighted by atomic mass is 9.49. The van der Waals surface area contributed by atoms with E-state index in [4.69, 9.17) is 21.1 Å². The molecule has 4 amide bonds. The summed E-state index contributed by atoms with van der Waals surface area (Å²) >= 11 is 7.80. The number of aliphatic hydroxyl groups is 1. The topological polar surface area (TPSA) is 208 Å². The summed E-state index contributed by atoms with van der Waals surface area (Å²) in [6.45, 7) is 16.7. The minimum Gasteiger partial charge on any atom is -0.489 e. The van der Waals surface area contributed by atoms with Gasteiger partial charge in [0.1, 0.15) is 42.4 Å². The van der Waals surface area contributed by atoms with Crippen LogP contribution >= 0.6 is 22.9 Å². The summed E-state index contributed by atoms with van der Waals surface area (Å²) in [5, 5.41) is 32.3. The van der Waals surface area contributed by atoms with Gasteiger partial charge in [0, 0.05) is 61.8 Å². The van der Waals surface area contributed by atoms with Crippen LogP contribution in [0.3, 0.4) is 0 Å². The predicted octanol–water partition coefficient (Wildman–Crippen LogP) is 7.06. The summed E-state index contributed by atoms with van der Waals surface area (Å²) in [6, 6.07) is 16.4. The maximum absolute atomic E-state index is 14.0. The maximum Gasteiger partial charge on any atom is 0.253 e. The van der Waals surface area contributed by atoms with Crippen molar-refractivity contribution in [2.24, 2.45) is 16.2 Å². The standard InChI is InChI=1S/C50H63ClN8O7S/c1-30-41(67-29-56-30)32-14-12-31(13-15-32)25-55-44(63)38-22-35(60)27-59(38)45(64)42(48(2,3)4)57-40(61)28-65-21-11-9-10-20-53-39-19-17-34(26-54-39)43(62)58-46-49(5,6)47(50(46,7)8)66-36-18-16-33(24-52)37(51)23-36/h12-19,23,26,29,35,38,42,46-47,60H,9-11,20-22,25,27-28H2,1-8H3,(H,53,54)(H,55,63)(H,57,61)(H,58,62)/t35-,38+,42-,46?,47?/m1/s1. The number of thiazole rings is 1. The highest BCUT2D eigenvalue weighted by Crippen LogP contribution is 2.55. The summed E-state index contributed by atoms with van der Waals surface area (Å²) in [4.78, 5) is 65.0. The van der Waals surface area contributed by atoms with E-state index in [0.717, 1.165) is 34.5 Å². The third-order valence-corrected chi connectivity index (χ3v) is 14.0. The molecule has 1 saturated heterocycles. The molecular weight excluding hydrogens is 892 g/mol. The van der Waals surface area contributed by atoms with Crippen LogP contribution in [0.5, 0.6) is 5.75 Å². The Morgan fingerprint density at radius 1 is 1.01 bits per heavy atom. The first-order chi connectivity index (χ1) is 31.7. The van der Waals surface area contributed by atoms with E-state index < -0.39 is 46.2 Å². The number of carbonyl (C=O) groups is 4. The molecule has 4 aromatic rings. The van der Waals surface area contributed by atoms with Crippen molar-refractivity contribution in [2.45, 2.75) is 118 Å². The Labute approximate surface area is 402 Å². The van der Waals surface area contributed by atoms with Crippen molar-refractivity contribution in [3.8, 4) is 22.3 Å². The second kappa shape index (κ2) is 21.6. The first-order valence-corrected chi connectivity index (χ1v) is 24.0. The second-order valence-electron chi connectivity index (χ2n) is 19.7. The summed E-state index contributed by atoms with van der Waals surface area (Å²) in [5.74, 6) is -0.259. The lowest BCUT2D eigenvalue weighted by Crippen LogP contribution is -2.74. The van der Waals surface area contributed by atoms with Crippen LogP contribution in [0.2, 0.25) is 5.02 Å². The molecule has 0 unspecified atom stereocenters. The van der Waals surface area contributed by atoms with Crippen LogP contribution in [0.1, 0.15) is 101 Å². The summed E-state index contributed by atoms with van der Waals surface area (Å²) in [6.07, 6.45) is 2.92. The average Bonchev–Trinajstić information content (AvgIpc) is 3.91. The number of carbonyl (C=O) groups excluding carboxylic acids is 4. The predicted molar refractivity (Wildman–Crippen MR) is 258 cm³/mol. The molecule has 2 fully saturated rings. The molecule has 2 aromatic carbocycles. The molecule has 0 bridgehead atoms. The molecule has 1 aliphatic heterocycles. The zero-order chi connectivity index (χ0) is 48.7. The Balaban J connectivity index is 0.878. The van der Waals surface area contributed by atoms with Gasteiger partial charge in [0.05, 0.1) is 38.3 Å². The Hall–Kier alpha value is -5.60. The molecule has 67 heavy (non-hydrogen) atoms. The van der Waals surface area contributed by atoms with Crippen LogP contribution in [0, 0.1) is 34.5 Å². The lowest BCUT2D eigenvalue weighted by Gasteiger charge is -2.63. The number of nitriles is 1. The Morgan fingerprint density at radius 3 is 2.37 bits per heavy atom. The van der Waals surface area contributed by atoms with Gasteiger partial charge in [0.15, 0.2) is 0 Å². The van der Waals surface area contributed by atoms with Gasteiger partial charge in [0.25, 0.3) is 5.91 Å². The van der Waals surface area contributed by atoms with Crippen molar-refractivity contribution >= 4 is 52.4 Å². The molecule has 0 spiro atoms. The number of aliphatic hydroxyl groups excluding tert-OH is 1. The van der Waals surface area contributed by atoms with Crippen LogP contribution < -0.4 is 26.0 Å². The lowest BCUT2D eigenvalue weighted by molar-refractivity contribution is -0.164. The van der Waals surface area contributed by atoms with Crippen molar-refractivity contribution in [1.29, 1.82) is 5.26 Å². The Kier molecular flexibility index (Phi) is 16.4. The van der Waals surface area contributed by atoms with Crippen molar-refractivity contribution in [2.75, 3.05) is 31.6 Å². The first kappa shape index (κ1) is 50.8. The zero-order valence-electron chi connectivity index (χ0n) is 39.6. The van der Waals surface area contributed by atoms with E-state index in [0.29, 0.717) is 47.3 Å². The van der Waals surface area contributed by atoms with E-state index in [1.54, 1.807) is 47.9 Å². The molecule has 15 nitrogen and oxygen atoms in total. The molecule has 17 heteroatoms. The molecule has 3 atom stereocenters. The number of pyridine rings is 1. The van der Waals surface area contributed by atoms with Crippen LogP contribution in [-0.4, -0.2) is 100 Å². The number of benzene rings is 2. The molecular formula is C50H63ClN8O7S. The number of nitrogens with zero attached hydrogens (tertiary/aromatic N) is 4. The number of nitrogens with one attached hydrogen (secondary N) is 4. The van der Waals surface area contributed by atoms with Gasteiger partial charge in [0.2, 0.25) is 17.7 Å². The Morgan fingerprint density at radius 2 is 1.75 bits per heavy atom. The fourth-order valence-electron chi connectivity index (χ4n) is 9.31. The second-order valence-corrected chi connectivity index (χ2v) is 21.0. The SMILES string of the molecule is Cc1ncsc1-c1ccc(CNC(=O)[C@@H]2C[C@@H](O)CN2C(=O)[C@@H](NC(=O)COCCCCCNc2ccc(C(=O)NC3C(C)(C)C(Oc4ccc(C#N)c(Cl)c4)C3(C)C)cn2)C(C)(C)C)cc1. The maximum atomic E-state index is 14.0. The molecule has 6 rings (SSSR count). The highest BCUT2D eigenvalue weighted by atomic mass is 35.5. The van der Waals surface area contributed by atoms with Gasteiger partial charge >= 0.3 is 0 Å². The fraction of sp³-hybridized carbons (Fsp3) is 0.500. The quantitative estimate of drug-likeness (QED) is 0.0602. The minimum absolute atomic E-state index is 0.0118. The minimum atomic E-state index is -0.951. The van der Waals surface area contributed by atoms with Gasteiger partial charge in [-0.1, -0.05) is 84.3 Å². The van der Waals surface area contributed by atoms with Gasteiger partial charge < -0.3 is 40.7 Å². The fourth-order valence-corrected chi connectivity index (χ4v) is 10.3. The number of β-amino-alcohol motifs (C(OH)–C–C–N with tert-alkyl or cyclic N) is 1. The molecule has 0 radical (unpaired) electrons. The molecule has 1 aliphatic carbocycles. The smallest absolute Gasteiger partial charge is 0.253 e. The van der Waals surface area contributed by atoms with E-state index in [2.05, 4.69) is 65.0 Å². The molecule has 2 aliphatic rings. The van der Waals surface area contributed by atoms with Crippen molar-refractivity contribution < 1.29 is 33.8 Å². The first-order valence-electron chi connectivity index (χ1n) is 22.7. The van der Waals surface area contributed by atoms with Crippen LogP contribution in [0.15, 0.2) is 66.3 Å². The third kappa shape index (κ3) is 12.3. The highest BCUT2D eigenvalue weighted by Gasteiger charge is 2.64. The number of hydrogen-bond acceptors (Lipinski definition) is 12. The number of unbranched alkanes of at least 4 members (excludes halogenated alkanes) is 2. The third-order valence-electron chi connectivity index (χ3n) is 12.7. The number of ether oxygens (including phenoxy) is 2. The molecule has 358 valence electrons. The van der Waals surface area contributed by atoms with Crippen LogP contribution in [0.25, 0.3) is 10.4 Å².